The van der Waals surface area contributed by atoms with E-state index in [0.717, 1.165) is 0 Å². The molecule has 29 heavy (non-hydrogen) atoms. The smallest absolute Gasteiger partial charge is 0.309 e. The van der Waals surface area contributed by atoms with Gasteiger partial charge in [0.1, 0.15) is 11.8 Å². The molecule has 0 bridgehead atoms. The van der Waals surface area contributed by atoms with Gasteiger partial charge in [0.2, 0.25) is 5.82 Å². The van der Waals surface area contributed by atoms with Gasteiger partial charge in [-0.3, -0.25) is 14.3 Å². The Morgan fingerprint density at radius 1 is 1.24 bits per heavy atom. The van der Waals surface area contributed by atoms with E-state index in [2.05, 4.69) is 42.1 Å². The third-order valence-electron chi connectivity index (χ3n) is 4.28. The molecular weight excluding hydrogens is 378 g/mol. The van der Waals surface area contributed by atoms with Gasteiger partial charge in [0.05, 0.1) is 18.4 Å². The van der Waals surface area contributed by atoms with Crippen molar-refractivity contribution in [1.82, 2.24) is 29.5 Å². The molecule has 3 aromatic heterocycles. The van der Waals surface area contributed by atoms with Gasteiger partial charge in [-0.25, -0.2) is 19.9 Å². The van der Waals surface area contributed by atoms with Crippen molar-refractivity contribution in [2.45, 2.75) is 25.7 Å². The Kier molecular flexibility index (Phi) is 5.96. The molecule has 0 aliphatic carbocycles. The monoisotopic (exact) mass is 397 g/mol. The van der Waals surface area contributed by atoms with E-state index in [9.17, 15) is 20.1 Å². The predicted octanol–water partition coefficient (Wildman–Crippen LogP) is 0.0204. The SMILES string of the molecule is CC[C@H](C(=O)O)[C@@H](O)[C@@H](O)n1cnc2c(NC)nc(C#Cc3cnccn3)nc21. The maximum atomic E-state index is 11.3. The highest BCUT2D eigenvalue weighted by Crippen LogP contribution is 2.25. The van der Waals surface area contributed by atoms with Crippen molar-refractivity contribution in [3.05, 3.63) is 36.4 Å². The summed E-state index contributed by atoms with van der Waals surface area (Å²) in [6.07, 6.45) is 2.81. The minimum absolute atomic E-state index is 0.126. The zero-order valence-electron chi connectivity index (χ0n) is 15.7. The first-order chi connectivity index (χ1) is 14.0. The summed E-state index contributed by atoms with van der Waals surface area (Å²) in [7, 11) is 1.64. The Hall–Kier alpha value is -3.62. The van der Waals surface area contributed by atoms with Gasteiger partial charge in [0.15, 0.2) is 23.2 Å². The van der Waals surface area contributed by atoms with Crippen molar-refractivity contribution < 1.29 is 20.1 Å². The quantitative estimate of drug-likeness (QED) is 0.418. The van der Waals surface area contributed by atoms with Gasteiger partial charge < -0.3 is 20.6 Å². The van der Waals surface area contributed by atoms with Gasteiger partial charge in [-0.15, -0.1) is 0 Å². The van der Waals surface area contributed by atoms with Gasteiger partial charge in [-0.2, -0.15) is 0 Å². The van der Waals surface area contributed by atoms with Crippen LogP contribution in [0.5, 0.6) is 0 Å². The van der Waals surface area contributed by atoms with Crippen LogP contribution in [0.3, 0.4) is 0 Å². The molecule has 150 valence electrons. The summed E-state index contributed by atoms with van der Waals surface area (Å²) < 4.78 is 1.20. The summed E-state index contributed by atoms with van der Waals surface area (Å²) >= 11 is 0. The highest BCUT2D eigenvalue weighted by molar-refractivity contribution is 5.83. The number of aliphatic hydroxyl groups is 2. The maximum Gasteiger partial charge on any atom is 0.309 e. The number of rotatable bonds is 6. The minimum Gasteiger partial charge on any atom is -0.481 e. The summed E-state index contributed by atoms with van der Waals surface area (Å²) in [5.41, 5.74) is 0.963. The number of hydrogen-bond donors (Lipinski definition) is 4. The highest BCUT2D eigenvalue weighted by Gasteiger charge is 2.32. The Morgan fingerprint density at radius 2 is 2.03 bits per heavy atom. The number of carbonyl (C=O) groups is 1. The number of anilines is 1. The molecule has 0 aliphatic heterocycles. The molecule has 0 amide bonds. The van der Waals surface area contributed by atoms with Crippen molar-refractivity contribution in [1.29, 1.82) is 0 Å². The fourth-order valence-electron chi connectivity index (χ4n) is 2.76. The average Bonchev–Trinajstić information content (AvgIpc) is 3.16. The first-order valence-corrected chi connectivity index (χ1v) is 8.75. The minimum atomic E-state index is -1.57. The van der Waals surface area contributed by atoms with Crippen molar-refractivity contribution in [2.24, 2.45) is 5.92 Å². The number of aliphatic hydroxyl groups excluding tert-OH is 2. The van der Waals surface area contributed by atoms with Crippen LogP contribution in [0.4, 0.5) is 5.82 Å². The second-order valence-electron chi connectivity index (χ2n) is 6.07. The number of nitrogens with zero attached hydrogens (tertiary/aromatic N) is 6. The number of imidazole rings is 1. The molecule has 3 heterocycles. The topological polar surface area (TPSA) is 159 Å². The van der Waals surface area contributed by atoms with Crippen LogP contribution in [0.1, 0.15) is 31.1 Å². The van der Waals surface area contributed by atoms with Crippen LogP contribution < -0.4 is 5.32 Å². The van der Waals surface area contributed by atoms with Gasteiger partial charge >= 0.3 is 5.97 Å². The highest BCUT2D eigenvalue weighted by atomic mass is 16.4. The van der Waals surface area contributed by atoms with E-state index in [1.54, 1.807) is 14.0 Å². The summed E-state index contributed by atoms with van der Waals surface area (Å²) in [4.78, 5) is 32.0. The van der Waals surface area contributed by atoms with Gasteiger partial charge in [-0.05, 0) is 18.3 Å². The van der Waals surface area contributed by atoms with Crippen LogP contribution in [-0.2, 0) is 4.79 Å². The van der Waals surface area contributed by atoms with E-state index in [-0.39, 0.29) is 17.9 Å². The van der Waals surface area contributed by atoms with Gasteiger partial charge in [0, 0.05) is 19.4 Å². The molecule has 0 spiro atoms. The van der Waals surface area contributed by atoms with E-state index < -0.39 is 24.2 Å². The zero-order chi connectivity index (χ0) is 21.0. The van der Waals surface area contributed by atoms with Crippen LogP contribution in [0.15, 0.2) is 24.9 Å². The average molecular weight is 397 g/mol. The van der Waals surface area contributed by atoms with E-state index in [1.807, 2.05) is 0 Å². The van der Waals surface area contributed by atoms with E-state index in [0.29, 0.717) is 17.0 Å². The van der Waals surface area contributed by atoms with E-state index in [4.69, 9.17) is 0 Å². The number of aliphatic carboxylic acids is 1. The number of fused-ring (bicyclic) bond motifs is 1. The predicted molar refractivity (Wildman–Crippen MR) is 102 cm³/mol. The Balaban J connectivity index is 2.04. The second-order valence-corrected chi connectivity index (χ2v) is 6.07. The normalized spacial score (nSPS) is 13.9. The lowest BCUT2D eigenvalue weighted by Crippen LogP contribution is -2.35. The molecule has 3 rings (SSSR count). The molecule has 0 saturated heterocycles. The number of nitrogens with one attached hydrogen (secondary N) is 1. The van der Waals surface area contributed by atoms with Crippen LogP contribution in [-0.4, -0.2) is 63.9 Å². The van der Waals surface area contributed by atoms with Crippen molar-refractivity contribution >= 4 is 23.0 Å². The van der Waals surface area contributed by atoms with Crippen molar-refractivity contribution in [2.75, 3.05) is 12.4 Å². The lowest BCUT2D eigenvalue weighted by Gasteiger charge is -2.23. The molecule has 0 fully saturated rings. The fourth-order valence-corrected chi connectivity index (χ4v) is 2.76. The van der Waals surface area contributed by atoms with Crippen LogP contribution >= 0.6 is 0 Å². The molecule has 4 N–H and O–H groups in total. The van der Waals surface area contributed by atoms with Gasteiger partial charge in [-0.1, -0.05) is 6.92 Å². The van der Waals surface area contributed by atoms with Crippen LogP contribution in [0.2, 0.25) is 0 Å². The van der Waals surface area contributed by atoms with Gasteiger partial charge in [0.25, 0.3) is 0 Å². The van der Waals surface area contributed by atoms with Crippen molar-refractivity contribution in [3.8, 4) is 11.8 Å². The number of hydrogen-bond acceptors (Lipinski definition) is 9. The molecule has 11 heteroatoms. The molecule has 3 atom stereocenters. The number of carboxylic acids is 1. The molecule has 0 aromatic carbocycles. The number of aromatic nitrogens is 6. The Labute approximate surface area is 165 Å². The molecular formula is C18H19N7O4. The fraction of sp³-hybridized carbons (Fsp3) is 0.333. The maximum absolute atomic E-state index is 11.3. The van der Waals surface area contributed by atoms with Crippen LogP contribution in [0.25, 0.3) is 11.2 Å². The molecule has 0 saturated carbocycles. The first-order valence-electron chi connectivity index (χ1n) is 8.75. The van der Waals surface area contributed by atoms with E-state index in [1.165, 1.54) is 29.5 Å². The Bertz CT molecular complexity index is 1070. The lowest BCUT2D eigenvalue weighted by molar-refractivity contribution is -0.152. The summed E-state index contributed by atoms with van der Waals surface area (Å²) in [5.74, 6) is 3.70. The first kappa shape index (κ1) is 20.1. The third kappa shape index (κ3) is 4.13. The molecule has 0 aliphatic rings. The molecule has 0 unspecified atom stereocenters. The lowest BCUT2D eigenvalue weighted by atomic mass is 9.98. The van der Waals surface area contributed by atoms with Crippen molar-refractivity contribution in [3.63, 3.8) is 0 Å². The second kappa shape index (κ2) is 8.59. The van der Waals surface area contributed by atoms with E-state index >= 15 is 0 Å². The number of carboxylic acid groups (broad SMARTS) is 1. The zero-order valence-corrected chi connectivity index (χ0v) is 15.7. The summed E-state index contributed by atoms with van der Waals surface area (Å²) in [5, 5.41) is 33.0. The molecule has 0 radical (unpaired) electrons. The molecule has 11 nitrogen and oxygen atoms in total. The largest absolute Gasteiger partial charge is 0.481 e. The standard InChI is InChI=1S/C18H19N7O4/c1-3-11(18(28)29)14(26)17(27)25-9-22-13-15(19-2)23-12(24-16(13)25)5-4-10-8-20-6-7-21-10/h6-9,11,14,17,26-27H,3H2,1-2H3,(H,28,29)(H,19,23,24)/t11-,14+,17+/m0/s1. The summed E-state index contributed by atoms with van der Waals surface area (Å²) in [6, 6.07) is 0. The third-order valence-corrected chi connectivity index (χ3v) is 4.28. The summed E-state index contributed by atoms with van der Waals surface area (Å²) in [6.45, 7) is 1.61. The van der Waals surface area contributed by atoms with Crippen LogP contribution in [0, 0.1) is 17.8 Å². The Morgan fingerprint density at radius 3 is 2.66 bits per heavy atom. The molecule has 3 aromatic rings.